The summed E-state index contributed by atoms with van der Waals surface area (Å²) in [7, 11) is 0. The second-order valence-corrected chi connectivity index (χ2v) is 7.13. The number of hydrogen-bond acceptors (Lipinski definition) is 3. The van der Waals surface area contributed by atoms with Gasteiger partial charge in [-0.2, -0.15) is 0 Å². The highest BCUT2D eigenvalue weighted by atomic mass is 79.9. The maximum Gasteiger partial charge on any atom is 0.237 e. The Morgan fingerprint density at radius 1 is 1.48 bits per heavy atom. The van der Waals surface area contributed by atoms with Crippen LogP contribution in [0.15, 0.2) is 28.7 Å². The molecule has 1 amide bonds. The van der Waals surface area contributed by atoms with Crippen molar-refractivity contribution < 1.29 is 9.90 Å². The van der Waals surface area contributed by atoms with E-state index in [1.165, 1.54) is 12.0 Å². The van der Waals surface area contributed by atoms with Crippen molar-refractivity contribution in [2.75, 3.05) is 13.1 Å². The van der Waals surface area contributed by atoms with E-state index in [1.54, 1.807) is 0 Å². The molecule has 0 spiro atoms. The molecule has 0 bridgehead atoms. The molecule has 114 valence electrons. The van der Waals surface area contributed by atoms with Gasteiger partial charge in [-0.15, -0.1) is 0 Å². The van der Waals surface area contributed by atoms with Crippen LogP contribution in [0.3, 0.4) is 0 Å². The molecular weight excluding hydrogens is 332 g/mol. The Labute approximate surface area is 133 Å². The van der Waals surface area contributed by atoms with Crippen molar-refractivity contribution in [1.29, 1.82) is 0 Å². The van der Waals surface area contributed by atoms with Crippen LogP contribution < -0.4 is 10.6 Å². The number of hydrogen-bond donors (Lipinski definition) is 3. The normalized spacial score (nSPS) is 27.1. The SMILES string of the molecule is O=C(NCC1(c2cccc(Br)c2)CCC1)[C@H]1C[C@@H](O)CN1. The largest absolute Gasteiger partial charge is 0.392 e. The predicted octanol–water partition coefficient (Wildman–Crippen LogP) is 1.71. The van der Waals surface area contributed by atoms with Crippen molar-refractivity contribution in [3.8, 4) is 0 Å². The first-order valence-corrected chi connectivity index (χ1v) is 8.34. The minimum absolute atomic E-state index is 0.00724. The van der Waals surface area contributed by atoms with Gasteiger partial charge in [-0.05, 0) is 37.0 Å². The molecular formula is C16H21BrN2O2. The maximum absolute atomic E-state index is 12.2. The van der Waals surface area contributed by atoms with Crippen molar-refractivity contribution >= 4 is 21.8 Å². The number of amides is 1. The Kier molecular flexibility index (Phi) is 4.33. The number of nitrogens with one attached hydrogen (secondary N) is 2. The fraction of sp³-hybridized carbons (Fsp3) is 0.562. The van der Waals surface area contributed by atoms with Gasteiger partial charge in [-0.1, -0.05) is 34.5 Å². The minimum Gasteiger partial charge on any atom is -0.392 e. The predicted molar refractivity (Wildman–Crippen MR) is 85.1 cm³/mol. The lowest BCUT2D eigenvalue weighted by molar-refractivity contribution is -0.123. The van der Waals surface area contributed by atoms with Crippen molar-refractivity contribution in [1.82, 2.24) is 10.6 Å². The fourth-order valence-electron chi connectivity index (χ4n) is 3.29. The zero-order valence-electron chi connectivity index (χ0n) is 11.9. The van der Waals surface area contributed by atoms with E-state index in [0.29, 0.717) is 19.5 Å². The summed E-state index contributed by atoms with van der Waals surface area (Å²) in [5.74, 6) is 0.00724. The van der Waals surface area contributed by atoms with Crippen LogP contribution >= 0.6 is 15.9 Å². The average Bonchev–Trinajstić information content (AvgIpc) is 2.84. The summed E-state index contributed by atoms with van der Waals surface area (Å²) >= 11 is 3.52. The van der Waals surface area contributed by atoms with Crippen molar-refractivity contribution in [2.45, 2.75) is 43.2 Å². The molecule has 5 heteroatoms. The van der Waals surface area contributed by atoms with Gasteiger partial charge in [0.1, 0.15) is 0 Å². The molecule has 1 saturated carbocycles. The summed E-state index contributed by atoms with van der Waals surface area (Å²) in [6, 6.07) is 8.13. The van der Waals surface area contributed by atoms with E-state index >= 15 is 0 Å². The van der Waals surface area contributed by atoms with Gasteiger partial charge < -0.3 is 15.7 Å². The van der Waals surface area contributed by atoms with Gasteiger partial charge in [0, 0.05) is 23.0 Å². The summed E-state index contributed by atoms with van der Waals surface area (Å²) < 4.78 is 1.08. The Morgan fingerprint density at radius 2 is 2.29 bits per heavy atom. The third-order valence-electron chi connectivity index (χ3n) is 4.77. The van der Waals surface area contributed by atoms with E-state index in [0.717, 1.165) is 17.3 Å². The lowest BCUT2D eigenvalue weighted by atomic mass is 9.64. The number of β-amino-alcohol motifs (C(OH)–C–C–N with tert-alkyl or cyclic N) is 1. The van der Waals surface area contributed by atoms with Crippen LogP contribution in [-0.4, -0.2) is 36.2 Å². The van der Waals surface area contributed by atoms with Gasteiger partial charge in [0.15, 0.2) is 0 Å². The molecule has 0 aromatic heterocycles. The molecule has 1 heterocycles. The third kappa shape index (κ3) is 3.15. The summed E-state index contributed by atoms with van der Waals surface area (Å²) in [4.78, 5) is 12.2. The first-order valence-electron chi connectivity index (χ1n) is 7.54. The number of aliphatic hydroxyl groups is 1. The summed E-state index contributed by atoms with van der Waals surface area (Å²) in [5, 5.41) is 15.6. The van der Waals surface area contributed by atoms with Gasteiger partial charge in [0.25, 0.3) is 0 Å². The maximum atomic E-state index is 12.2. The summed E-state index contributed by atoms with van der Waals surface area (Å²) in [6.45, 7) is 1.19. The molecule has 1 saturated heterocycles. The number of carbonyl (C=O) groups excluding carboxylic acids is 1. The Bertz CT molecular complexity index is 531. The van der Waals surface area contributed by atoms with Crippen molar-refractivity contribution in [3.63, 3.8) is 0 Å². The fourth-order valence-corrected chi connectivity index (χ4v) is 3.68. The highest BCUT2D eigenvalue weighted by molar-refractivity contribution is 9.10. The third-order valence-corrected chi connectivity index (χ3v) is 5.27. The lowest BCUT2D eigenvalue weighted by Gasteiger charge is -2.43. The Balaban J connectivity index is 1.63. The van der Waals surface area contributed by atoms with Gasteiger partial charge in [0.2, 0.25) is 5.91 Å². The van der Waals surface area contributed by atoms with Crippen LogP contribution in [0, 0.1) is 0 Å². The number of halogens is 1. The number of aliphatic hydroxyl groups excluding tert-OH is 1. The molecule has 2 aliphatic rings. The standard InChI is InChI=1S/C16H21BrN2O2/c17-12-4-1-3-11(7-12)16(5-2-6-16)10-19-15(21)14-8-13(20)9-18-14/h1,3-4,7,13-14,18,20H,2,5-6,8-10H2,(H,19,21)/t13-,14-/m1/s1. The number of carbonyl (C=O) groups is 1. The van der Waals surface area contributed by atoms with Crippen LogP contribution in [0.2, 0.25) is 0 Å². The highest BCUT2D eigenvalue weighted by Gasteiger charge is 2.39. The smallest absolute Gasteiger partial charge is 0.237 e. The summed E-state index contributed by atoms with van der Waals surface area (Å²) in [6.07, 6.45) is 3.55. The number of benzene rings is 1. The highest BCUT2D eigenvalue weighted by Crippen LogP contribution is 2.43. The van der Waals surface area contributed by atoms with E-state index in [2.05, 4.69) is 44.8 Å². The second-order valence-electron chi connectivity index (χ2n) is 6.21. The van der Waals surface area contributed by atoms with Crippen LogP contribution in [-0.2, 0) is 10.2 Å². The molecule has 2 fully saturated rings. The number of rotatable bonds is 4. The Hall–Kier alpha value is -0.910. The molecule has 1 aliphatic heterocycles. The molecule has 1 aromatic rings. The molecule has 0 unspecified atom stereocenters. The van der Waals surface area contributed by atoms with E-state index in [-0.39, 0.29) is 17.4 Å². The monoisotopic (exact) mass is 352 g/mol. The minimum atomic E-state index is -0.400. The second kappa shape index (κ2) is 6.07. The Morgan fingerprint density at radius 3 is 2.86 bits per heavy atom. The van der Waals surface area contributed by atoms with E-state index in [4.69, 9.17) is 0 Å². The molecule has 0 radical (unpaired) electrons. The zero-order chi connectivity index (χ0) is 14.9. The molecule has 2 atom stereocenters. The quantitative estimate of drug-likeness (QED) is 0.772. The van der Waals surface area contributed by atoms with Crippen LogP contribution in [0.4, 0.5) is 0 Å². The van der Waals surface area contributed by atoms with Crippen molar-refractivity contribution in [2.24, 2.45) is 0 Å². The lowest BCUT2D eigenvalue weighted by Crippen LogP contribution is -2.49. The topological polar surface area (TPSA) is 61.4 Å². The molecule has 3 rings (SSSR count). The molecule has 3 N–H and O–H groups in total. The van der Waals surface area contributed by atoms with E-state index < -0.39 is 6.10 Å². The first kappa shape index (κ1) is 15.0. The van der Waals surface area contributed by atoms with Crippen LogP contribution in [0.1, 0.15) is 31.2 Å². The van der Waals surface area contributed by atoms with Gasteiger partial charge in [-0.3, -0.25) is 4.79 Å². The van der Waals surface area contributed by atoms with Crippen LogP contribution in [0.25, 0.3) is 0 Å². The van der Waals surface area contributed by atoms with Gasteiger partial charge >= 0.3 is 0 Å². The average molecular weight is 353 g/mol. The van der Waals surface area contributed by atoms with E-state index in [1.807, 2.05) is 6.07 Å². The van der Waals surface area contributed by atoms with E-state index in [9.17, 15) is 9.90 Å². The summed E-state index contributed by atoms with van der Waals surface area (Å²) in [5.41, 5.74) is 1.37. The first-order chi connectivity index (χ1) is 10.1. The van der Waals surface area contributed by atoms with Gasteiger partial charge in [0.05, 0.1) is 12.1 Å². The van der Waals surface area contributed by atoms with Gasteiger partial charge in [-0.25, -0.2) is 0 Å². The van der Waals surface area contributed by atoms with Crippen LogP contribution in [0.5, 0.6) is 0 Å². The molecule has 4 nitrogen and oxygen atoms in total. The molecule has 21 heavy (non-hydrogen) atoms. The molecule has 1 aliphatic carbocycles. The zero-order valence-corrected chi connectivity index (χ0v) is 13.5. The van der Waals surface area contributed by atoms with Crippen molar-refractivity contribution in [3.05, 3.63) is 34.3 Å². The molecule has 1 aromatic carbocycles.